The zero-order valence-electron chi connectivity index (χ0n) is 18.4. The van der Waals surface area contributed by atoms with Crippen molar-refractivity contribution in [2.45, 2.75) is 104 Å². The maximum Gasteiger partial charge on any atom is 0.410 e. The summed E-state index contributed by atoms with van der Waals surface area (Å²) in [6, 6.07) is -0.509. The van der Waals surface area contributed by atoms with E-state index >= 15 is 0 Å². The lowest BCUT2D eigenvalue weighted by Gasteiger charge is -2.24. The van der Waals surface area contributed by atoms with Crippen LogP contribution in [-0.2, 0) is 19.1 Å². The van der Waals surface area contributed by atoms with Crippen molar-refractivity contribution in [3.63, 3.8) is 0 Å². The number of rotatable bonds is 12. The second-order valence-electron chi connectivity index (χ2n) is 8.77. The number of hydrogen-bond acceptors (Lipinski definition) is 5. The Hall–Kier alpha value is -1.79. The van der Waals surface area contributed by atoms with E-state index in [9.17, 15) is 14.4 Å². The minimum atomic E-state index is -1.02. The Morgan fingerprint density at radius 2 is 1.62 bits per heavy atom. The SMILES string of the molecule is CC(C)C(=O)O[C@H](C)OC(=O)N[C@@H](CC[C@H](C)CCC1CCCCC1)CC(=O)O. The quantitative estimate of drug-likeness (QED) is 0.349. The average molecular weight is 414 g/mol. The Balaban J connectivity index is 2.38. The van der Waals surface area contributed by atoms with Crippen molar-refractivity contribution in [3.05, 3.63) is 0 Å². The number of carboxylic acid groups (broad SMARTS) is 1. The summed E-state index contributed by atoms with van der Waals surface area (Å²) in [4.78, 5) is 34.7. The number of carbonyl (C=O) groups is 3. The predicted molar refractivity (Wildman–Crippen MR) is 110 cm³/mol. The van der Waals surface area contributed by atoms with E-state index in [1.807, 2.05) is 0 Å². The highest BCUT2D eigenvalue weighted by Crippen LogP contribution is 2.29. The molecule has 7 nitrogen and oxygen atoms in total. The number of hydrogen-bond donors (Lipinski definition) is 2. The molecular weight excluding hydrogens is 374 g/mol. The molecule has 0 aromatic heterocycles. The summed E-state index contributed by atoms with van der Waals surface area (Å²) >= 11 is 0. The number of alkyl carbamates (subject to hydrolysis) is 1. The molecule has 0 aromatic rings. The van der Waals surface area contributed by atoms with E-state index in [0.717, 1.165) is 18.8 Å². The van der Waals surface area contributed by atoms with Gasteiger partial charge in [-0.3, -0.25) is 9.59 Å². The lowest BCUT2D eigenvalue weighted by atomic mass is 9.83. The molecular formula is C22H39NO6. The third-order valence-electron chi connectivity index (χ3n) is 5.57. The van der Waals surface area contributed by atoms with Gasteiger partial charge in [0.15, 0.2) is 0 Å². The Bertz CT molecular complexity index is 515. The van der Waals surface area contributed by atoms with Crippen molar-refractivity contribution in [3.8, 4) is 0 Å². The van der Waals surface area contributed by atoms with Gasteiger partial charge in [0.25, 0.3) is 0 Å². The number of esters is 1. The maximum absolute atomic E-state index is 12.1. The fourth-order valence-corrected chi connectivity index (χ4v) is 3.74. The van der Waals surface area contributed by atoms with E-state index in [1.165, 1.54) is 45.4 Å². The molecule has 1 rings (SSSR count). The number of ether oxygens (including phenoxy) is 2. The number of carboxylic acids is 1. The summed E-state index contributed by atoms with van der Waals surface area (Å²) in [7, 11) is 0. The molecule has 1 aliphatic rings. The molecule has 3 atom stereocenters. The molecule has 1 amide bonds. The van der Waals surface area contributed by atoms with Gasteiger partial charge >= 0.3 is 18.0 Å². The van der Waals surface area contributed by atoms with Gasteiger partial charge in [0.2, 0.25) is 6.29 Å². The largest absolute Gasteiger partial charge is 0.481 e. The van der Waals surface area contributed by atoms with Crippen LogP contribution in [0, 0.1) is 17.8 Å². The lowest BCUT2D eigenvalue weighted by molar-refractivity contribution is -0.168. The summed E-state index contributed by atoms with van der Waals surface area (Å²) < 4.78 is 10.0. The Morgan fingerprint density at radius 3 is 2.21 bits per heavy atom. The normalized spacial score (nSPS) is 18.0. The summed E-state index contributed by atoms with van der Waals surface area (Å²) in [6.07, 6.45) is 8.56. The van der Waals surface area contributed by atoms with Crippen LogP contribution in [-0.4, -0.2) is 35.5 Å². The van der Waals surface area contributed by atoms with Crippen LogP contribution < -0.4 is 5.32 Å². The average Bonchev–Trinajstić information content (AvgIpc) is 2.64. The highest BCUT2D eigenvalue weighted by molar-refractivity contribution is 5.73. The zero-order chi connectivity index (χ0) is 21.8. The fourth-order valence-electron chi connectivity index (χ4n) is 3.74. The molecule has 1 saturated carbocycles. The van der Waals surface area contributed by atoms with Crippen LogP contribution in [0.4, 0.5) is 4.79 Å². The van der Waals surface area contributed by atoms with Crippen LogP contribution in [0.1, 0.15) is 91.9 Å². The molecule has 0 aromatic carbocycles. The second-order valence-corrected chi connectivity index (χ2v) is 8.77. The first-order valence-corrected chi connectivity index (χ1v) is 11.1. The molecule has 1 aliphatic carbocycles. The van der Waals surface area contributed by atoms with Crippen LogP contribution >= 0.6 is 0 Å². The fraction of sp³-hybridized carbons (Fsp3) is 0.864. The number of carbonyl (C=O) groups excluding carboxylic acids is 2. The van der Waals surface area contributed by atoms with Gasteiger partial charge in [-0.05, 0) is 24.7 Å². The first-order chi connectivity index (χ1) is 13.7. The van der Waals surface area contributed by atoms with Crippen molar-refractivity contribution >= 4 is 18.0 Å². The molecule has 0 spiro atoms. The van der Waals surface area contributed by atoms with Crippen LogP contribution in [0.5, 0.6) is 0 Å². The topological polar surface area (TPSA) is 102 Å². The van der Waals surface area contributed by atoms with E-state index in [0.29, 0.717) is 12.3 Å². The molecule has 2 N–H and O–H groups in total. The van der Waals surface area contributed by atoms with Crippen molar-refractivity contribution in [2.75, 3.05) is 0 Å². The molecule has 0 heterocycles. The standard InChI is InChI=1S/C22H39NO6/c1-15(2)21(26)28-17(4)29-22(27)23-19(14-20(24)25)13-11-16(3)10-12-18-8-6-5-7-9-18/h15-19H,5-14H2,1-4H3,(H,23,27)(H,24,25)/t16-,17+,19+/m1/s1. The summed E-state index contributed by atoms with van der Waals surface area (Å²) in [5, 5.41) is 11.7. The zero-order valence-corrected chi connectivity index (χ0v) is 18.4. The molecule has 168 valence electrons. The molecule has 29 heavy (non-hydrogen) atoms. The number of nitrogens with one attached hydrogen (secondary N) is 1. The predicted octanol–water partition coefficient (Wildman–Crippen LogP) is 4.88. The highest BCUT2D eigenvalue weighted by atomic mass is 16.7. The molecule has 7 heteroatoms. The maximum atomic E-state index is 12.1. The van der Waals surface area contributed by atoms with Crippen molar-refractivity contribution in [2.24, 2.45) is 17.8 Å². The first kappa shape index (κ1) is 25.2. The van der Waals surface area contributed by atoms with Crippen LogP contribution in [0.3, 0.4) is 0 Å². The Labute approximate surface area is 174 Å². The van der Waals surface area contributed by atoms with Crippen LogP contribution in [0.25, 0.3) is 0 Å². The van der Waals surface area contributed by atoms with Crippen molar-refractivity contribution < 1.29 is 29.0 Å². The third-order valence-corrected chi connectivity index (χ3v) is 5.57. The molecule has 0 bridgehead atoms. The Kier molecular flexibility index (Phi) is 11.7. The molecule has 1 fully saturated rings. The minimum Gasteiger partial charge on any atom is -0.481 e. The number of amides is 1. The van der Waals surface area contributed by atoms with Gasteiger partial charge < -0.3 is 19.9 Å². The van der Waals surface area contributed by atoms with E-state index in [-0.39, 0.29) is 12.3 Å². The highest BCUT2D eigenvalue weighted by Gasteiger charge is 2.22. The lowest BCUT2D eigenvalue weighted by Crippen LogP contribution is -2.39. The summed E-state index contributed by atoms with van der Waals surface area (Å²) in [5.74, 6) is -0.427. The number of aliphatic carboxylic acids is 1. The smallest absolute Gasteiger partial charge is 0.410 e. The van der Waals surface area contributed by atoms with Gasteiger partial charge in [0.05, 0.1) is 12.3 Å². The van der Waals surface area contributed by atoms with Gasteiger partial charge in [-0.1, -0.05) is 65.7 Å². The van der Waals surface area contributed by atoms with E-state index in [2.05, 4.69) is 12.2 Å². The van der Waals surface area contributed by atoms with Crippen molar-refractivity contribution in [1.29, 1.82) is 0 Å². The monoisotopic (exact) mass is 413 g/mol. The Morgan fingerprint density at radius 1 is 0.966 bits per heavy atom. The molecule has 0 aliphatic heterocycles. The second kappa shape index (κ2) is 13.4. The minimum absolute atomic E-state index is 0.162. The van der Waals surface area contributed by atoms with E-state index in [4.69, 9.17) is 14.6 Å². The summed E-state index contributed by atoms with van der Waals surface area (Å²) in [5.41, 5.74) is 0. The van der Waals surface area contributed by atoms with Gasteiger partial charge in [0, 0.05) is 13.0 Å². The van der Waals surface area contributed by atoms with Gasteiger partial charge in [0.1, 0.15) is 0 Å². The molecule has 0 radical (unpaired) electrons. The first-order valence-electron chi connectivity index (χ1n) is 11.1. The van der Waals surface area contributed by atoms with Gasteiger partial charge in [-0.2, -0.15) is 0 Å². The molecule has 0 unspecified atom stereocenters. The third kappa shape index (κ3) is 11.7. The van der Waals surface area contributed by atoms with Gasteiger partial charge in [-0.15, -0.1) is 0 Å². The van der Waals surface area contributed by atoms with Crippen LogP contribution in [0.2, 0.25) is 0 Å². The van der Waals surface area contributed by atoms with E-state index in [1.54, 1.807) is 13.8 Å². The van der Waals surface area contributed by atoms with Crippen LogP contribution in [0.15, 0.2) is 0 Å². The summed E-state index contributed by atoms with van der Waals surface area (Å²) in [6.45, 7) is 7.02. The van der Waals surface area contributed by atoms with Crippen molar-refractivity contribution in [1.82, 2.24) is 5.32 Å². The van der Waals surface area contributed by atoms with Gasteiger partial charge in [-0.25, -0.2) is 4.79 Å². The van der Waals surface area contributed by atoms with E-state index < -0.39 is 30.4 Å². The molecule has 0 saturated heterocycles.